The van der Waals surface area contributed by atoms with Gasteiger partial charge in [0, 0.05) is 18.0 Å². The van der Waals surface area contributed by atoms with Crippen LogP contribution < -0.4 is 5.73 Å². The molecular weight excluding hydrogens is 229 g/mol. The van der Waals surface area contributed by atoms with Crippen LogP contribution in [-0.4, -0.2) is 0 Å². The second-order valence-electron chi connectivity index (χ2n) is 4.53. The van der Waals surface area contributed by atoms with Gasteiger partial charge < -0.3 is 10.2 Å². The number of hydrogen-bond acceptors (Lipinski definition) is 2. The third kappa shape index (κ3) is 2.62. The molecule has 0 saturated heterocycles. The summed E-state index contributed by atoms with van der Waals surface area (Å²) in [5.41, 5.74) is 9.26. The van der Waals surface area contributed by atoms with Crippen LogP contribution in [0.3, 0.4) is 0 Å². The first-order chi connectivity index (χ1) is 8.61. The van der Waals surface area contributed by atoms with Crippen molar-refractivity contribution in [1.29, 1.82) is 0 Å². The Morgan fingerprint density at radius 2 is 2.11 bits per heavy atom. The second-order valence-corrected chi connectivity index (χ2v) is 4.53. The van der Waals surface area contributed by atoms with Gasteiger partial charge in [-0.05, 0) is 42.7 Å². The first kappa shape index (κ1) is 12.8. The highest BCUT2D eigenvalue weighted by molar-refractivity contribution is 5.30. The summed E-state index contributed by atoms with van der Waals surface area (Å²) in [6, 6.07) is 6.63. The molecule has 0 aliphatic carbocycles. The molecule has 0 radical (unpaired) electrons. The maximum Gasteiger partial charge on any atom is 0.123 e. The Morgan fingerprint density at radius 1 is 1.33 bits per heavy atom. The minimum Gasteiger partial charge on any atom is -0.469 e. The quantitative estimate of drug-likeness (QED) is 0.897. The van der Waals surface area contributed by atoms with Crippen molar-refractivity contribution in [1.82, 2.24) is 0 Å². The maximum atomic E-state index is 13.0. The molecule has 0 amide bonds. The lowest BCUT2D eigenvalue weighted by atomic mass is 9.96. The third-order valence-corrected chi connectivity index (χ3v) is 3.24. The fourth-order valence-corrected chi connectivity index (χ4v) is 2.20. The predicted molar refractivity (Wildman–Crippen MR) is 69.9 cm³/mol. The molecular formula is C15H18FNO. The smallest absolute Gasteiger partial charge is 0.123 e. The molecule has 0 aliphatic heterocycles. The Hall–Kier alpha value is -1.61. The van der Waals surface area contributed by atoms with Crippen LogP contribution in [0.25, 0.3) is 0 Å². The van der Waals surface area contributed by atoms with E-state index in [1.54, 1.807) is 12.3 Å². The lowest BCUT2D eigenvalue weighted by Crippen LogP contribution is -2.14. The van der Waals surface area contributed by atoms with Gasteiger partial charge in [-0.3, -0.25) is 0 Å². The SMILES string of the molecule is CCc1occc1C(N)Cc1ccc(F)cc1C. The van der Waals surface area contributed by atoms with Crippen LogP contribution in [0.4, 0.5) is 4.39 Å². The molecule has 1 aromatic carbocycles. The van der Waals surface area contributed by atoms with E-state index in [0.717, 1.165) is 28.9 Å². The normalized spacial score (nSPS) is 12.7. The minimum atomic E-state index is -0.206. The molecule has 0 fully saturated rings. The summed E-state index contributed by atoms with van der Waals surface area (Å²) in [5, 5.41) is 0. The summed E-state index contributed by atoms with van der Waals surface area (Å²) in [4.78, 5) is 0. The van der Waals surface area contributed by atoms with Gasteiger partial charge in [-0.2, -0.15) is 0 Å². The van der Waals surface area contributed by atoms with Crippen LogP contribution in [0, 0.1) is 12.7 Å². The van der Waals surface area contributed by atoms with Crippen molar-refractivity contribution in [3.63, 3.8) is 0 Å². The standard InChI is InChI=1S/C15H18FNO/c1-3-15-13(6-7-18-15)14(17)9-11-4-5-12(16)8-10(11)2/h4-8,14H,3,9,17H2,1-2H3. The molecule has 3 heteroatoms. The topological polar surface area (TPSA) is 39.2 Å². The molecule has 2 rings (SSSR count). The first-order valence-electron chi connectivity index (χ1n) is 6.18. The van der Waals surface area contributed by atoms with E-state index in [-0.39, 0.29) is 11.9 Å². The van der Waals surface area contributed by atoms with Crippen LogP contribution in [0.5, 0.6) is 0 Å². The van der Waals surface area contributed by atoms with E-state index in [1.807, 2.05) is 19.9 Å². The molecule has 0 aliphatic rings. The van der Waals surface area contributed by atoms with Crippen molar-refractivity contribution < 1.29 is 8.81 Å². The van der Waals surface area contributed by atoms with Crippen molar-refractivity contribution in [3.05, 3.63) is 58.8 Å². The van der Waals surface area contributed by atoms with Gasteiger partial charge in [-0.1, -0.05) is 13.0 Å². The number of rotatable bonds is 4. The molecule has 0 saturated carbocycles. The molecule has 18 heavy (non-hydrogen) atoms. The Kier molecular flexibility index (Phi) is 3.82. The Balaban J connectivity index is 2.18. The lowest BCUT2D eigenvalue weighted by molar-refractivity contribution is 0.505. The number of aryl methyl sites for hydroxylation is 2. The average Bonchev–Trinajstić information content (AvgIpc) is 2.81. The number of benzene rings is 1. The summed E-state index contributed by atoms with van der Waals surface area (Å²) < 4.78 is 18.4. The van der Waals surface area contributed by atoms with Gasteiger partial charge in [0.15, 0.2) is 0 Å². The van der Waals surface area contributed by atoms with Gasteiger partial charge >= 0.3 is 0 Å². The van der Waals surface area contributed by atoms with Gasteiger partial charge in [-0.15, -0.1) is 0 Å². The molecule has 1 aromatic heterocycles. The third-order valence-electron chi connectivity index (χ3n) is 3.24. The van der Waals surface area contributed by atoms with E-state index >= 15 is 0 Å². The van der Waals surface area contributed by atoms with Crippen molar-refractivity contribution in [2.45, 2.75) is 32.7 Å². The van der Waals surface area contributed by atoms with Gasteiger partial charge in [-0.25, -0.2) is 4.39 Å². The van der Waals surface area contributed by atoms with E-state index < -0.39 is 0 Å². The Labute approximate surface area is 107 Å². The maximum absolute atomic E-state index is 13.0. The highest BCUT2D eigenvalue weighted by atomic mass is 19.1. The molecule has 2 N–H and O–H groups in total. The van der Waals surface area contributed by atoms with Crippen LogP contribution in [0.1, 0.15) is 35.4 Å². The van der Waals surface area contributed by atoms with Gasteiger partial charge in [0.25, 0.3) is 0 Å². The lowest BCUT2D eigenvalue weighted by Gasteiger charge is -2.13. The van der Waals surface area contributed by atoms with Crippen LogP contribution in [0.2, 0.25) is 0 Å². The molecule has 96 valence electrons. The van der Waals surface area contributed by atoms with Gasteiger partial charge in [0.05, 0.1) is 6.26 Å². The van der Waals surface area contributed by atoms with E-state index in [4.69, 9.17) is 10.2 Å². The predicted octanol–water partition coefficient (Wildman–Crippen LogP) is 3.53. The van der Waals surface area contributed by atoms with Crippen LogP contribution >= 0.6 is 0 Å². The molecule has 2 nitrogen and oxygen atoms in total. The summed E-state index contributed by atoms with van der Waals surface area (Å²) in [6.45, 7) is 3.94. The van der Waals surface area contributed by atoms with Crippen molar-refractivity contribution in [3.8, 4) is 0 Å². The number of nitrogens with two attached hydrogens (primary N) is 1. The molecule has 2 aromatic rings. The molecule has 1 unspecified atom stereocenters. The van der Waals surface area contributed by atoms with E-state index in [2.05, 4.69) is 0 Å². The van der Waals surface area contributed by atoms with Crippen LogP contribution in [-0.2, 0) is 12.8 Å². The largest absolute Gasteiger partial charge is 0.469 e. The van der Waals surface area contributed by atoms with Gasteiger partial charge in [0.1, 0.15) is 11.6 Å². The summed E-state index contributed by atoms with van der Waals surface area (Å²) in [5.74, 6) is 0.727. The van der Waals surface area contributed by atoms with E-state index in [0.29, 0.717) is 6.42 Å². The summed E-state index contributed by atoms with van der Waals surface area (Å²) in [7, 11) is 0. The Bertz CT molecular complexity index is 533. The van der Waals surface area contributed by atoms with Crippen molar-refractivity contribution in [2.24, 2.45) is 5.73 Å². The first-order valence-corrected chi connectivity index (χ1v) is 6.18. The summed E-state index contributed by atoms with van der Waals surface area (Å²) >= 11 is 0. The second kappa shape index (κ2) is 5.36. The number of furan rings is 1. The number of halogens is 1. The fourth-order valence-electron chi connectivity index (χ4n) is 2.20. The van der Waals surface area contributed by atoms with E-state index in [1.165, 1.54) is 12.1 Å². The fraction of sp³-hybridized carbons (Fsp3) is 0.333. The highest BCUT2D eigenvalue weighted by Gasteiger charge is 2.14. The highest BCUT2D eigenvalue weighted by Crippen LogP contribution is 2.23. The molecule has 0 spiro atoms. The van der Waals surface area contributed by atoms with Crippen molar-refractivity contribution in [2.75, 3.05) is 0 Å². The molecule has 1 atom stereocenters. The van der Waals surface area contributed by atoms with Gasteiger partial charge in [0.2, 0.25) is 0 Å². The average molecular weight is 247 g/mol. The van der Waals surface area contributed by atoms with E-state index in [9.17, 15) is 4.39 Å². The zero-order chi connectivity index (χ0) is 13.1. The zero-order valence-electron chi connectivity index (χ0n) is 10.7. The number of hydrogen-bond donors (Lipinski definition) is 1. The Morgan fingerprint density at radius 3 is 2.78 bits per heavy atom. The minimum absolute atomic E-state index is 0.108. The van der Waals surface area contributed by atoms with Crippen LogP contribution in [0.15, 0.2) is 34.9 Å². The molecule has 0 bridgehead atoms. The summed E-state index contributed by atoms with van der Waals surface area (Å²) in [6.07, 6.45) is 3.20. The monoisotopic (exact) mass is 247 g/mol. The van der Waals surface area contributed by atoms with Crippen molar-refractivity contribution >= 4 is 0 Å². The molecule has 1 heterocycles. The zero-order valence-corrected chi connectivity index (χ0v) is 10.7.